The van der Waals surface area contributed by atoms with E-state index in [2.05, 4.69) is 0 Å². The first-order chi connectivity index (χ1) is 19.5. The number of thiophene rings is 1. The van der Waals surface area contributed by atoms with E-state index in [0.717, 1.165) is 11.3 Å². The molecule has 0 radical (unpaired) electrons. The summed E-state index contributed by atoms with van der Waals surface area (Å²) in [5.74, 6) is -0.907. The normalized spacial score (nSPS) is 21.9. The quantitative estimate of drug-likeness (QED) is 0.190. The zero-order valence-corrected chi connectivity index (χ0v) is 23.1. The molecule has 0 N–H and O–H groups in total. The molecule has 0 unspecified atom stereocenters. The van der Waals surface area contributed by atoms with E-state index in [4.69, 9.17) is 16.3 Å². The van der Waals surface area contributed by atoms with Gasteiger partial charge in [0.2, 0.25) is 0 Å². The van der Waals surface area contributed by atoms with Gasteiger partial charge in [-0.15, -0.1) is 11.3 Å². The molecule has 0 bridgehead atoms. The molecule has 3 atom stereocenters. The standard InChI is InChI=1S/C33H24ClNO4S/c1-2-39-25-11-6-5-10-23(25)28-29(30(36)26-12-7-17-40-26)35-24-15-14-20(34)18-19(24)13-16-27(35)33(28)31(37)21-8-3-4-9-22(21)32(33)38/h3-18,27-29H,2H2,1H3/t27-,28+,29+/m0/s1. The topological polar surface area (TPSA) is 63.7 Å². The van der Waals surface area contributed by atoms with Gasteiger partial charge in [-0.3, -0.25) is 14.4 Å². The molecule has 7 heteroatoms. The Kier molecular flexibility index (Phi) is 5.81. The highest BCUT2D eigenvalue weighted by Gasteiger charge is 2.72. The van der Waals surface area contributed by atoms with E-state index in [1.165, 1.54) is 11.3 Å². The summed E-state index contributed by atoms with van der Waals surface area (Å²) in [4.78, 5) is 46.5. The van der Waals surface area contributed by atoms with Crippen LogP contribution in [0, 0.1) is 5.41 Å². The highest BCUT2D eigenvalue weighted by Crippen LogP contribution is 2.62. The third-order valence-corrected chi connectivity index (χ3v) is 9.47. The van der Waals surface area contributed by atoms with Crippen molar-refractivity contribution >= 4 is 52.1 Å². The maximum absolute atomic E-state index is 14.7. The third-order valence-electron chi connectivity index (χ3n) is 8.35. The minimum atomic E-state index is -1.57. The van der Waals surface area contributed by atoms with Crippen LogP contribution >= 0.6 is 22.9 Å². The molecule has 40 heavy (non-hydrogen) atoms. The van der Waals surface area contributed by atoms with Crippen molar-refractivity contribution < 1.29 is 19.1 Å². The van der Waals surface area contributed by atoms with Crippen LogP contribution in [0.5, 0.6) is 5.75 Å². The number of carbonyl (C=O) groups is 3. The molecule has 1 saturated heterocycles. The zero-order valence-electron chi connectivity index (χ0n) is 21.5. The molecule has 2 aliphatic heterocycles. The summed E-state index contributed by atoms with van der Waals surface area (Å²) >= 11 is 7.72. The number of ketones is 3. The number of rotatable bonds is 5. The maximum atomic E-state index is 14.7. The van der Waals surface area contributed by atoms with E-state index in [9.17, 15) is 14.4 Å². The number of halogens is 1. The number of fused-ring (bicyclic) bond motifs is 5. The molecule has 3 heterocycles. The highest BCUT2D eigenvalue weighted by atomic mass is 35.5. The molecule has 0 saturated carbocycles. The number of benzene rings is 3. The number of hydrogen-bond acceptors (Lipinski definition) is 6. The van der Waals surface area contributed by atoms with Gasteiger partial charge in [-0.05, 0) is 48.2 Å². The SMILES string of the molecule is CCOc1ccccc1[C@@H]1[C@H](C(=O)c2cccs2)N2c3ccc(Cl)cc3C=C[C@H]2C12C(=O)c1ccccc1C2=O. The van der Waals surface area contributed by atoms with Crippen LogP contribution in [0.15, 0.2) is 90.3 Å². The van der Waals surface area contributed by atoms with Crippen LogP contribution in [0.25, 0.3) is 6.08 Å². The smallest absolute Gasteiger partial charge is 0.195 e. The fraction of sp³-hybridized carbons (Fsp3) is 0.182. The Morgan fingerprint density at radius 1 is 0.975 bits per heavy atom. The lowest BCUT2D eigenvalue weighted by Gasteiger charge is -2.37. The van der Waals surface area contributed by atoms with Gasteiger partial charge in [0.05, 0.1) is 17.5 Å². The van der Waals surface area contributed by atoms with Crippen LogP contribution in [0.1, 0.15) is 54.4 Å². The molecule has 3 aliphatic rings. The number of nitrogens with zero attached hydrogens (tertiary/aromatic N) is 1. The minimum Gasteiger partial charge on any atom is -0.494 e. The second-order valence-corrected chi connectivity index (χ2v) is 11.6. The Bertz CT molecular complexity index is 1690. The lowest BCUT2D eigenvalue weighted by atomic mass is 9.64. The van der Waals surface area contributed by atoms with E-state index in [0.29, 0.717) is 38.9 Å². The van der Waals surface area contributed by atoms with Crippen molar-refractivity contribution in [3.63, 3.8) is 0 Å². The van der Waals surface area contributed by atoms with E-state index < -0.39 is 23.4 Å². The van der Waals surface area contributed by atoms with Crippen molar-refractivity contribution in [2.24, 2.45) is 5.41 Å². The van der Waals surface area contributed by atoms with Gasteiger partial charge in [-0.1, -0.05) is 72.3 Å². The van der Waals surface area contributed by atoms with Gasteiger partial charge >= 0.3 is 0 Å². The molecule has 4 aromatic rings. The number of hydrogen-bond donors (Lipinski definition) is 0. The Morgan fingerprint density at radius 3 is 2.40 bits per heavy atom. The van der Waals surface area contributed by atoms with Gasteiger partial charge in [-0.25, -0.2) is 0 Å². The predicted molar refractivity (Wildman–Crippen MR) is 157 cm³/mol. The third kappa shape index (κ3) is 3.30. The molecule has 1 aliphatic carbocycles. The number of anilines is 1. The summed E-state index contributed by atoms with van der Waals surface area (Å²) in [7, 11) is 0. The first-order valence-electron chi connectivity index (χ1n) is 13.2. The van der Waals surface area contributed by atoms with Gasteiger partial charge in [0.25, 0.3) is 0 Å². The summed E-state index contributed by atoms with van der Waals surface area (Å²) in [6.45, 7) is 2.29. The van der Waals surface area contributed by atoms with Crippen molar-refractivity contribution in [2.45, 2.75) is 24.9 Å². The average molecular weight is 566 g/mol. The van der Waals surface area contributed by atoms with Gasteiger partial charge in [0, 0.05) is 33.3 Å². The average Bonchev–Trinajstić information content (AvgIpc) is 3.67. The summed E-state index contributed by atoms with van der Waals surface area (Å²) in [5.41, 5.74) is 1.49. The van der Waals surface area contributed by atoms with Crippen LogP contribution < -0.4 is 9.64 Å². The van der Waals surface area contributed by atoms with E-state index in [1.54, 1.807) is 36.4 Å². The Balaban J connectivity index is 1.57. The number of para-hydroxylation sites is 1. The molecule has 0 amide bonds. The second-order valence-electron chi connectivity index (χ2n) is 10.2. The van der Waals surface area contributed by atoms with Crippen molar-refractivity contribution in [1.29, 1.82) is 0 Å². The predicted octanol–water partition coefficient (Wildman–Crippen LogP) is 7.12. The second kappa shape index (κ2) is 9.29. The molecule has 3 aromatic carbocycles. The van der Waals surface area contributed by atoms with E-state index in [-0.39, 0.29) is 17.3 Å². The lowest BCUT2D eigenvalue weighted by molar-refractivity contribution is 0.0664. The summed E-state index contributed by atoms with van der Waals surface area (Å²) < 4.78 is 6.07. The maximum Gasteiger partial charge on any atom is 0.195 e. The fourth-order valence-corrected chi connectivity index (χ4v) is 7.76. The molecule has 5 nitrogen and oxygen atoms in total. The van der Waals surface area contributed by atoms with E-state index in [1.807, 2.05) is 71.8 Å². The lowest BCUT2D eigenvalue weighted by Crippen LogP contribution is -2.48. The highest BCUT2D eigenvalue weighted by molar-refractivity contribution is 7.12. The van der Waals surface area contributed by atoms with Gasteiger partial charge in [0.15, 0.2) is 17.3 Å². The summed E-state index contributed by atoms with van der Waals surface area (Å²) in [6, 6.07) is 22.1. The molecule has 1 aromatic heterocycles. The number of Topliss-reactive ketones (excluding diaryl/α,β-unsaturated/α-hetero) is 3. The van der Waals surface area contributed by atoms with Gasteiger partial charge < -0.3 is 9.64 Å². The van der Waals surface area contributed by atoms with Gasteiger partial charge in [0.1, 0.15) is 17.2 Å². The van der Waals surface area contributed by atoms with Crippen LogP contribution in [0.2, 0.25) is 5.02 Å². The summed E-state index contributed by atoms with van der Waals surface area (Å²) in [5, 5.41) is 2.43. The number of ether oxygens (including phenoxy) is 1. The van der Waals surface area contributed by atoms with Crippen molar-refractivity contribution in [1.82, 2.24) is 0 Å². The van der Waals surface area contributed by atoms with Crippen LogP contribution in [-0.2, 0) is 0 Å². The minimum absolute atomic E-state index is 0.138. The largest absolute Gasteiger partial charge is 0.494 e. The molecular formula is C33H24ClNO4S. The molecule has 1 spiro atoms. The first-order valence-corrected chi connectivity index (χ1v) is 14.5. The van der Waals surface area contributed by atoms with Crippen molar-refractivity contribution in [3.8, 4) is 5.75 Å². The molecule has 1 fully saturated rings. The Hall–Kier alpha value is -4.00. The number of carbonyl (C=O) groups excluding carboxylic acids is 3. The van der Waals surface area contributed by atoms with Crippen molar-refractivity contribution in [3.05, 3.63) is 122 Å². The molecule has 7 rings (SSSR count). The fourth-order valence-electron chi connectivity index (χ4n) is 6.88. The monoisotopic (exact) mass is 565 g/mol. The molecule has 198 valence electrons. The van der Waals surface area contributed by atoms with Crippen LogP contribution in [-0.4, -0.2) is 36.0 Å². The van der Waals surface area contributed by atoms with Crippen molar-refractivity contribution in [2.75, 3.05) is 11.5 Å². The Labute approximate surface area is 240 Å². The van der Waals surface area contributed by atoms with Gasteiger partial charge in [-0.2, -0.15) is 0 Å². The van der Waals surface area contributed by atoms with Crippen LogP contribution in [0.4, 0.5) is 5.69 Å². The zero-order chi connectivity index (χ0) is 27.6. The van der Waals surface area contributed by atoms with Crippen LogP contribution in [0.3, 0.4) is 0 Å². The molecular weight excluding hydrogens is 542 g/mol. The Morgan fingerprint density at radius 2 is 1.70 bits per heavy atom. The summed E-state index contributed by atoms with van der Waals surface area (Å²) in [6.07, 6.45) is 3.81. The van der Waals surface area contributed by atoms with E-state index >= 15 is 0 Å². The first kappa shape index (κ1) is 25.0.